The Labute approximate surface area is 132 Å². The summed E-state index contributed by atoms with van der Waals surface area (Å²) in [6.45, 7) is 0.655. The minimum absolute atomic E-state index is 0. The molecule has 2 N–H and O–H groups in total. The molecule has 0 aliphatic carbocycles. The van der Waals surface area contributed by atoms with Crippen molar-refractivity contribution in [1.29, 1.82) is 0 Å². The predicted molar refractivity (Wildman–Crippen MR) is 83.3 cm³/mol. The lowest BCUT2D eigenvalue weighted by Crippen LogP contribution is -2.49. The van der Waals surface area contributed by atoms with Crippen LogP contribution in [-0.4, -0.2) is 48.4 Å². The number of likely N-dealkylation sites (N-methyl/N-ethyl adjacent to an activating group) is 1. The molecule has 3 aliphatic heterocycles. The van der Waals surface area contributed by atoms with Gasteiger partial charge in [-0.3, -0.25) is 9.59 Å². The van der Waals surface area contributed by atoms with E-state index in [1.165, 1.54) is 12.8 Å². The number of amides is 2. The van der Waals surface area contributed by atoms with Gasteiger partial charge in [-0.25, -0.2) is 0 Å². The van der Waals surface area contributed by atoms with Crippen LogP contribution in [0.4, 0.5) is 0 Å². The molecule has 0 aromatic carbocycles. The lowest BCUT2D eigenvalue weighted by Gasteiger charge is -2.32. The maximum absolute atomic E-state index is 12.2. The summed E-state index contributed by atoms with van der Waals surface area (Å²) in [7, 11) is 1.81. The van der Waals surface area contributed by atoms with Crippen LogP contribution in [0.2, 0.25) is 0 Å². The number of nitrogens with one attached hydrogen (secondary N) is 2. The van der Waals surface area contributed by atoms with Gasteiger partial charge in [0.25, 0.3) is 0 Å². The number of fused-ring (bicyclic) bond motifs is 2. The highest BCUT2D eigenvalue weighted by atomic mass is 35.5. The molecule has 21 heavy (non-hydrogen) atoms. The first kappa shape index (κ1) is 16.6. The van der Waals surface area contributed by atoms with Crippen molar-refractivity contribution in [3.05, 3.63) is 0 Å². The molecule has 0 saturated carbocycles. The Morgan fingerprint density at radius 2 is 1.95 bits per heavy atom. The number of halogens is 1. The molecule has 120 valence electrons. The van der Waals surface area contributed by atoms with Crippen LogP contribution >= 0.6 is 12.4 Å². The van der Waals surface area contributed by atoms with Gasteiger partial charge in [0.2, 0.25) is 11.8 Å². The number of hydrogen-bond donors (Lipinski definition) is 2. The van der Waals surface area contributed by atoms with E-state index in [0.29, 0.717) is 37.4 Å². The van der Waals surface area contributed by atoms with Gasteiger partial charge < -0.3 is 15.5 Å². The second-order valence-corrected chi connectivity index (χ2v) is 6.76. The van der Waals surface area contributed by atoms with Gasteiger partial charge in [-0.05, 0) is 38.0 Å². The standard InChI is InChI=1S/C15H25N3O2.ClH/c1-18-9-13(4-5-15(18)20)17-14(19)8-10-6-11-2-3-12(7-10)16-11;/h10-13,16H,2-9H2,1H3,(H,17,19);1H. The number of rotatable bonds is 3. The van der Waals surface area contributed by atoms with Crippen molar-refractivity contribution in [1.82, 2.24) is 15.5 Å². The van der Waals surface area contributed by atoms with E-state index in [2.05, 4.69) is 10.6 Å². The van der Waals surface area contributed by atoms with Gasteiger partial charge in [-0.15, -0.1) is 12.4 Å². The maximum Gasteiger partial charge on any atom is 0.222 e. The van der Waals surface area contributed by atoms with Crippen LogP contribution in [0, 0.1) is 5.92 Å². The number of carbonyl (C=O) groups is 2. The van der Waals surface area contributed by atoms with Gasteiger partial charge in [0.05, 0.1) is 0 Å². The SMILES string of the molecule is CN1CC(NC(=O)CC2CC3CCC(C2)N3)CCC1=O.Cl. The fourth-order valence-electron chi connectivity index (χ4n) is 4.02. The molecule has 6 heteroatoms. The third-order valence-electron chi connectivity index (χ3n) is 5.04. The molecule has 2 amide bonds. The highest BCUT2D eigenvalue weighted by Crippen LogP contribution is 2.32. The molecule has 5 nitrogen and oxygen atoms in total. The van der Waals surface area contributed by atoms with Crippen LogP contribution < -0.4 is 10.6 Å². The second kappa shape index (κ2) is 6.97. The molecule has 0 spiro atoms. The van der Waals surface area contributed by atoms with Crippen molar-refractivity contribution < 1.29 is 9.59 Å². The average molecular weight is 316 g/mol. The summed E-state index contributed by atoms with van der Waals surface area (Å²) >= 11 is 0. The zero-order chi connectivity index (χ0) is 14.1. The molecule has 3 fully saturated rings. The second-order valence-electron chi connectivity index (χ2n) is 6.76. The quantitative estimate of drug-likeness (QED) is 0.819. The fraction of sp³-hybridized carbons (Fsp3) is 0.867. The van der Waals surface area contributed by atoms with Gasteiger partial charge in [-0.2, -0.15) is 0 Å². The summed E-state index contributed by atoms with van der Waals surface area (Å²) in [4.78, 5) is 25.3. The molecular weight excluding hydrogens is 290 g/mol. The summed E-state index contributed by atoms with van der Waals surface area (Å²) in [5.41, 5.74) is 0. The molecule has 3 aliphatic rings. The lowest BCUT2D eigenvalue weighted by molar-refractivity contribution is -0.134. The van der Waals surface area contributed by atoms with Crippen LogP contribution in [0.25, 0.3) is 0 Å². The largest absolute Gasteiger partial charge is 0.352 e. The number of hydrogen-bond acceptors (Lipinski definition) is 3. The van der Waals surface area contributed by atoms with Crippen LogP contribution in [-0.2, 0) is 9.59 Å². The van der Waals surface area contributed by atoms with E-state index in [4.69, 9.17) is 0 Å². The van der Waals surface area contributed by atoms with Crippen LogP contribution in [0.5, 0.6) is 0 Å². The van der Waals surface area contributed by atoms with Crippen LogP contribution in [0.15, 0.2) is 0 Å². The van der Waals surface area contributed by atoms with Gasteiger partial charge in [0.15, 0.2) is 0 Å². The molecular formula is C15H26ClN3O2. The molecule has 3 atom stereocenters. The highest BCUT2D eigenvalue weighted by molar-refractivity contribution is 5.85. The van der Waals surface area contributed by atoms with E-state index in [1.54, 1.807) is 4.90 Å². The predicted octanol–water partition coefficient (Wildman–Crippen LogP) is 1.07. The number of nitrogens with zero attached hydrogens (tertiary/aromatic N) is 1. The summed E-state index contributed by atoms with van der Waals surface area (Å²) in [6.07, 6.45) is 6.84. The first-order valence-electron chi connectivity index (χ1n) is 7.89. The fourth-order valence-corrected chi connectivity index (χ4v) is 4.02. The first-order valence-corrected chi connectivity index (χ1v) is 7.89. The number of piperidine rings is 2. The van der Waals surface area contributed by atoms with Gasteiger partial charge in [0, 0.05) is 44.6 Å². The van der Waals surface area contributed by atoms with Crippen molar-refractivity contribution >= 4 is 24.2 Å². The molecule has 3 rings (SSSR count). The van der Waals surface area contributed by atoms with Crippen molar-refractivity contribution in [3.8, 4) is 0 Å². The topological polar surface area (TPSA) is 61.4 Å². The molecule has 0 aromatic rings. The monoisotopic (exact) mass is 315 g/mol. The smallest absolute Gasteiger partial charge is 0.222 e. The Bertz CT molecular complexity index is 392. The van der Waals surface area contributed by atoms with Crippen LogP contribution in [0.1, 0.15) is 44.9 Å². The van der Waals surface area contributed by atoms with E-state index in [1.807, 2.05) is 7.05 Å². The highest BCUT2D eigenvalue weighted by Gasteiger charge is 2.34. The first-order chi connectivity index (χ1) is 9.60. The van der Waals surface area contributed by atoms with Crippen LogP contribution in [0.3, 0.4) is 0 Å². The van der Waals surface area contributed by atoms with E-state index >= 15 is 0 Å². The van der Waals surface area contributed by atoms with Crippen molar-refractivity contribution in [3.63, 3.8) is 0 Å². The minimum atomic E-state index is 0. The third-order valence-corrected chi connectivity index (χ3v) is 5.04. The normalized spacial score (nSPS) is 35.3. The minimum Gasteiger partial charge on any atom is -0.352 e. The van der Waals surface area contributed by atoms with Crippen molar-refractivity contribution in [2.75, 3.05) is 13.6 Å². The van der Waals surface area contributed by atoms with Gasteiger partial charge in [-0.1, -0.05) is 0 Å². The number of carbonyl (C=O) groups excluding carboxylic acids is 2. The summed E-state index contributed by atoms with van der Waals surface area (Å²) in [5, 5.41) is 6.72. The lowest BCUT2D eigenvalue weighted by atomic mass is 9.89. The molecule has 3 saturated heterocycles. The Morgan fingerprint density at radius 3 is 2.57 bits per heavy atom. The number of likely N-dealkylation sites (tertiary alicyclic amines) is 1. The molecule has 0 radical (unpaired) electrons. The summed E-state index contributed by atoms with van der Waals surface area (Å²) in [5.74, 6) is 0.895. The van der Waals surface area contributed by atoms with Crippen molar-refractivity contribution in [2.45, 2.75) is 63.1 Å². The third kappa shape index (κ3) is 4.10. The van der Waals surface area contributed by atoms with E-state index in [-0.39, 0.29) is 30.3 Å². The van der Waals surface area contributed by atoms with Gasteiger partial charge in [0.1, 0.15) is 0 Å². The maximum atomic E-state index is 12.2. The molecule has 3 unspecified atom stereocenters. The van der Waals surface area contributed by atoms with E-state index < -0.39 is 0 Å². The zero-order valence-electron chi connectivity index (χ0n) is 12.6. The Morgan fingerprint density at radius 1 is 1.29 bits per heavy atom. The molecule has 3 heterocycles. The Balaban J connectivity index is 0.00000161. The Kier molecular flexibility index (Phi) is 5.49. The summed E-state index contributed by atoms with van der Waals surface area (Å²) in [6, 6.07) is 1.43. The van der Waals surface area contributed by atoms with E-state index in [0.717, 1.165) is 19.3 Å². The zero-order valence-corrected chi connectivity index (χ0v) is 13.5. The Hall–Kier alpha value is -0.810. The average Bonchev–Trinajstić information content (AvgIpc) is 2.73. The molecule has 0 aromatic heterocycles. The van der Waals surface area contributed by atoms with E-state index in [9.17, 15) is 9.59 Å². The molecule has 2 bridgehead atoms. The van der Waals surface area contributed by atoms with Gasteiger partial charge >= 0.3 is 0 Å². The van der Waals surface area contributed by atoms with Crippen molar-refractivity contribution in [2.24, 2.45) is 5.92 Å². The summed E-state index contributed by atoms with van der Waals surface area (Å²) < 4.78 is 0.